The molecule has 0 amide bonds. The molecule has 2 fully saturated rings. The van der Waals surface area contributed by atoms with Crippen molar-refractivity contribution in [3.63, 3.8) is 0 Å². The molecule has 0 radical (unpaired) electrons. The fourth-order valence-electron chi connectivity index (χ4n) is 4.49. The lowest BCUT2D eigenvalue weighted by Gasteiger charge is -2.49. The Labute approximate surface area is 163 Å². The van der Waals surface area contributed by atoms with Crippen LogP contribution in [-0.2, 0) is 10.5 Å². The van der Waals surface area contributed by atoms with E-state index in [0.717, 1.165) is 34.5 Å². The fourth-order valence-corrected chi connectivity index (χ4v) is 5.46. The second-order valence-electron chi connectivity index (χ2n) is 7.77. The van der Waals surface area contributed by atoms with E-state index in [9.17, 15) is 5.11 Å². The summed E-state index contributed by atoms with van der Waals surface area (Å²) in [5.41, 5.74) is 2.92. The number of morpholine rings is 1. The summed E-state index contributed by atoms with van der Waals surface area (Å²) in [5.74, 6) is -1.24. The molecule has 0 spiro atoms. The minimum Gasteiger partial charge on any atom is -0.361 e. The molecule has 140 valence electrons. The number of benzene rings is 2. The molecule has 2 heterocycles. The minimum absolute atomic E-state index is 0.117. The molecule has 27 heavy (non-hydrogen) atoms. The number of aromatic nitrogens is 1. The first kappa shape index (κ1) is 17.3. The SMILES string of the molecule is CN1CC(O)(c2ccc(-c3nc4ccccc4s3)cc2)OC2CCCCC21. The fraction of sp³-hybridized carbons (Fsp3) is 0.409. The topological polar surface area (TPSA) is 45.6 Å². The number of hydrogen-bond donors (Lipinski definition) is 1. The van der Waals surface area contributed by atoms with Crippen LogP contribution in [0, 0.1) is 0 Å². The summed E-state index contributed by atoms with van der Waals surface area (Å²) >= 11 is 1.69. The van der Waals surface area contributed by atoms with Crippen LogP contribution < -0.4 is 0 Å². The maximum atomic E-state index is 11.3. The number of rotatable bonds is 2. The molecule has 1 aliphatic carbocycles. The summed E-state index contributed by atoms with van der Waals surface area (Å²) in [6, 6.07) is 16.7. The van der Waals surface area contributed by atoms with Crippen molar-refractivity contribution >= 4 is 21.6 Å². The molecule has 1 saturated carbocycles. The summed E-state index contributed by atoms with van der Waals surface area (Å²) in [6.45, 7) is 0.509. The van der Waals surface area contributed by atoms with Gasteiger partial charge in [0.15, 0.2) is 0 Å². The third-order valence-corrected chi connectivity index (χ3v) is 7.01. The number of ether oxygens (including phenoxy) is 1. The van der Waals surface area contributed by atoms with Crippen LogP contribution in [0.25, 0.3) is 20.8 Å². The lowest BCUT2D eigenvalue weighted by Crippen LogP contribution is -2.58. The van der Waals surface area contributed by atoms with Gasteiger partial charge in [-0.1, -0.05) is 49.2 Å². The Morgan fingerprint density at radius 3 is 2.70 bits per heavy atom. The van der Waals surface area contributed by atoms with E-state index in [1.54, 1.807) is 11.3 Å². The van der Waals surface area contributed by atoms with E-state index in [4.69, 9.17) is 9.72 Å². The monoisotopic (exact) mass is 380 g/mol. The molecule has 4 nitrogen and oxygen atoms in total. The van der Waals surface area contributed by atoms with Crippen LogP contribution in [0.15, 0.2) is 48.5 Å². The van der Waals surface area contributed by atoms with Crippen molar-refractivity contribution < 1.29 is 9.84 Å². The molecule has 3 aromatic rings. The van der Waals surface area contributed by atoms with Crippen LogP contribution in [0.4, 0.5) is 0 Å². The molecular weight excluding hydrogens is 356 g/mol. The molecule has 2 aliphatic rings. The Balaban J connectivity index is 1.42. The molecule has 0 bridgehead atoms. The summed E-state index contributed by atoms with van der Waals surface area (Å²) < 4.78 is 7.42. The first-order chi connectivity index (χ1) is 13.1. The second-order valence-corrected chi connectivity index (χ2v) is 8.80. The van der Waals surface area contributed by atoms with Gasteiger partial charge in [0, 0.05) is 17.2 Å². The van der Waals surface area contributed by atoms with Gasteiger partial charge in [0.25, 0.3) is 0 Å². The Morgan fingerprint density at radius 1 is 1.11 bits per heavy atom. The number of hydrogen-bond acceptors (Lipinski definition) is 5. The van der Waals surface area contributed by atoms with Crippen molar-refractivity contribution in [2.24, 2.45) is 0 Å². The van der Waals surface area contributed by atoms with Crippen LogP contribution >= 0.6 is 11.3 Å². The molecule has 5 heteroatoms. The van der Waals surface area contributed by atoms with Crippen molar-refractivity contribution in [1.29, 1.82) is 0 Å². The van der Waals surface area contributed by atoms with Gasteiger partial charge in [0.1, 0.15) is 5.01 Å². The lowest BCUT2D eigenvalue weighted by molar-refractivity contribution is -0.293. The van der Waals surface area contributed by atoms with Crippen molar-refractivity contribution in [2.45, 2.75) is 43.6 Å². The van der Waals surface area contributed by atoms with Crippen LogP contribution in [0.3, 0.4) is 0 Å². The zero-order valence-corrected chi connectivity index (χ0v) is 16.3. The summed E-state index contributed by atoms with van der Waals surface area (Å²) in [5, 5.41) is 12.3. The molecule has 1 saturated heterocycles. The molecule has 1 aliphatic heterocycles. The number of thiazole rings is 1. The summed E-state index contributed by atoms with van der Waals surface area (Å²) in [4.78, 5) is 7.00. The van der Waals surface area contributed by atoms with Gasteiger partial charge in [0.05, 0.1) is 22.9 Å². The average molecular weight is 381 g/mol. The van der Waals surface area contributed by atoms with E-state index in [1.807, 2.05) is 42.5 Å². The molecule has 3 atom stereocenters. The number of aliphatic hydroxyl groups is 1. The molecule has 1 N–H and O–H groups in total. The zero-order chi connectivity index (χ0) is 18.4. The van der Waals surface area contributed by atoms with Gasteiger partial charge in [0.2, 0.25) is 5.79 Å². The Kier molecular flexibility index (Phi) is 4.28. The zero-order valence-electron chi connectivity index (χ0n) is 15.5. The highest BCUT2D eigenvalue weighted by atomic mass is 32.1. The maximum Gasteiger partial charge on any atom is 0.205 e. The number of para-hydroxylation sites is 1. The molecule has 5 rings (SSSR count). The predicted molar refractivity (Wildman–Crippen MR) is 109 cm³/mol. The third kappa shape index (κ3) is 3.09. The van der Waals surface area contributed by atoms with Gasteiger partial charge < -0.3 is 9.84 Å². The highest BCUT2D eigenvalue weighted by Gasteiger charge is 2.45. The molecule has 2 aromatic carbocycles. The number of likely N-dealkylation sites (N-methyl/N-ethyl adjacent to an activating group) is 1. The van der Waals surface area contributed by atoms with Crippen molar-refractivity contribution in [3.8, 4) is 10.6 Å². The number of fused-ring (bicyclic) bond motifs is 2. The normalized spacial score (nSPS) is 29.0. The number of β-amino-alcohol motifs (C(OH)–C–C–N with tert-alkyl or cyclic N) is 1. The van der Waals surface area contributed by atoms with Crippen molar-refractivity contribution in [3.05, 3.63) is 54.1 Å². The molecule has 1 aromatic heterocycles. The largest absolute Gasteiger partial charge is 0.361 e. The molecule has 3 unspecified atom stereocenters. The van der Waals surface area contributed by atoms with Gasteiger partial charge in [-0.25, -0.2) is 4.98 Å². The summed E-state index contributed by atoms with van der Waals surface area (Å²) in [6.07, 6.45) is 4.74. The van der Waals surface area contributed by atoms with Crippen molar-refractivity contribution in [1.82, 2.24) is 9.88 Å². The van der Waals surface area contributed by atoms with Crippen LogP contribution in [0.5, 0.6) is 0 Å². The van der Waals surface area contributed by atoms with E-state index in [2.05, 4.69) is 18.0 Å². The molecular formula is C22H24N2O2S. The van der Waals surface area contributed by atoms with E-state index in [0.29, 0.717) is 12.6 Å². The highest BCUT2D eigenvalue weighted by Crippen LogP contribution is 2.38. The van der Waals surface area contributed by atoms with Gasteiger partial charge >= 0.3 is 0 Å². The predicted octanol–water partition coefficient (Wildman–Crippen LogP) is 4.38. The van der Waals surface area contributed by atoms with E-state index < -0.39 is 5.79 Å². The quantitative estimate of drug-likeness (QED) is 0.717. The maximum absolute atomic E-state index is 11.3. The van der Waals surface area contributed by atoms with E-state index in [1.165, 1.54) is 17.5 Å². The first-order valence-corrected chi connectivity index (χ1v) is 10.5. The smallest absolute Gasteiger partial charge is 0.205 e. The van der Waals surface area contributed by atoms with Gasteiger partial charge in [-0.2, -0.15) is 0 Å². The van der Waals surface area contributed by atoms with Gasteiger partial charge in [-0.15, -0.1) is 11.3 Å². The van der Waals surface area contributed by atoms with E-state index in [-0.39, 0.29) is 6.10 Å². The number of nitrogens with zero attached hydrogens (tertiary/aromatic N) is 2. The average Bonchev–Trinajstić information content (AvgIpc) is 3.12. The lowest BCUT2D eigenvalue weighted by atomic mass is 9.88. The minimum atomic E-state index is -1.24. The van der Waals surface area contributed by atoms with Crippen molar-refractivity contribution in [2.75, 3.05) is 13.6 Å². The van der Waals surface area contributed by atoms with Crippen LogP contribution in [0.1, 0.15) is 31.2 Å². The Hall–Kier alpha value is -1.79. The van der Waals surface area contributed by atoms with Crippen LogP contribution in [0.2, 0.25) is 0 Å². The first-order valence-electron chi connectivity index (χ1n) is 9.69. The van der Waals surface area contributed by atoms with Crippen LogP contribution in [-0.4, -0.2) is 40.7 Å². The highest BCUT2D eigenvalue weighted by molar-refractivity contribution is 7.21. The Bertz CT molecular complexity index is 921. The van der Waals surface area contributed by atoms with Gasteiger partial charge in [-0.05, 0) is 32.0 Å². The Morgan fingerprint density at radius 2 is 1.89 bits per heavy atom. The van der Waals surface area contributed by atoms with Gasteiger partial charge in [-0.3, -0.25) is 4.90 Å². The van der Waals surface area contributed by atoms with E-state index >= 15 is 0 Å². The second kappa shape index (κ2) is 6.67. The summed E-state index contributed by atoms with van der Waals surface area (Å²) in [7, 11) is 2.10. The standard InChI is InChI=1S/C22H24N2O2S/c1-24-14-22(25,26-19-8-4-3-7-18(19)24)16-12-10-15(11-13-16)21-23-17-6-2-5-9-20(17)27-21/h2,5-6,9-13,18-19,25H,3-4,7-8,14H2,1H3. The third-order valence-electron chi connectivity index (χ3n) is 5.92.